The molecule has 0 spiro atoms. The number of ether oxygens (including phenoxy) is 1. The molecule has 150 valence electrons. The molecule has 0 atom stereocenters. The number of rotatable bonds is 6. The van der Waals surface area contributed by atoms with E-state index in [9.17, 15) is 13.2 Å². The molecule has 7 nitrogen and oxygen atoms in total. The second kappa shape index (κ2) is 9.03. The molecule has 0 saturated carbocycles. The zero-order valence-electron chi connectivity index (χ0n) is 15.9. The normalized spacial score (nSPS) is 20.4. The van der Waals surface area contributed by atoms with E-state index in [1.165, 1.54) is 4.31 Å². The summed E-state index contributed by atoms with van der Waals surface area (Å²) in [6.45, 7) is 7.41. The molecule has 2 heterocycles. The van der Waals surface area contributed by atoms with Gasteiger partial charge in [0.1, 0.15) is 0 Å². The van der Waals surface area contributed by atoms with Crippen LogP contribution in [0.1, 0.15) is 35.2 Å². The van der Waals surface area contributed by atoms with Crippen molar-refractivity contribution < 1.29 is 17.9 Å². The van der Waals surface area contributed by atoms with Gasteiger partial charge in [0, 0.05) is 31.7 Å². The van der Waals surface area contributed by atoms with Crippen LogP contribution in [0.2, 0.25) is 0 Å². The van der Waals surface area contributed by atoms with E-state index in [4.69, 9.17) is 4.74 Å². The number of aryl methyl sites for hydroxylation is 1. The monoisotopic (exact) mass is 395 g/mol. The molecule has 27 heavy (non-hydrogen) atoms. The standard InChI is InChI=1S/C19H29N3O4S/c1-16-15-17(5-6-18(16)22-9-2-3-14-27(22,24)25)19(23)20-7-4-8-21-10-12-26-13-11-21/h5-6,15H,2-4,7-14H2,1H3,(H,20,23). The maximum atomic E-state index is 12.4. The topological polar surface area (TPSA) is 79.0 Å². The van der Waals surface area contributed by atoms with E-state index in [1.807, 2.05) is 6.92 Å². The van der Waals surface area contributed by atoms with Crippen LogP contribution >= 0.6 is 0 Å². The number of carbonyl (C=O) groups excluding carboxylic acids is 1. The molecule has 2 fully saturated rings. The molecule has 0 radical (unpaired) electrons. The Bertz CT molecular complexity index is 760. The lowest BCUT2D eigenvalue weighted by atomic mass is 10.1. The zero-order valence-corrected chi connectivity index (χ0v) is 16.8. The highest BCUT2D eigenvalue weighted by Gasteiger charge is 2.27. The molecule has 0 unspecified atom stereocenters. The molecule has 0 bridgehead atoms. The second-order valence-electron chi connectivity index (χ2n) is 7.16. The van der Waals surface area contributed by atoms with Crippen molar-refractivity contribution in [1.82, 2.24) is 10.2 Å². The molecule has 1 aromatic rings. The van der Waals surface area contributed by atoms with Crippen molar-refractivity contribution in [3.8, 4) is 0 Å². The van der Waals surface area contributed by atoms with Crippen LogP contribution in [-0.2, 0) is 14.8 Å². The van der Waals surface area contributed by atoms with Gasteiger partial charge in [-0.05, 0) is 56.5 Å². The van der Waals surface area contributed by atoms with Crippen molar-refractivity contribution in [2.75, 3.05) is 56.0 Å². The summed E-state index contributed by atoms with van der Waals surface area (Å²) in [5.74, 6) is 0.0748. The largest absolute Gasteiger partial charge is 0.379 e. The molecule has 2 aliphatic rings. The van der Waals surface area contributed by atoms with Crippen LogP contribution < -0.4 is 9.62 Å². The van der Waals surface area contributed by atoms with Crippen molar-refractivity contribution >= 4 is 21.6 Å². The summed E-state index contributed by atoms with van der Waals surface area (Å²) in [4.78, 5) is 14.7. The average Bonchev–Trinajstić information content (AvgIpc) is 2.66. The molecule has 0 aliphatic carbocycles. The Morgan fingerprint density at radius 1 is 1.19 bits per heavy atom. The van der Waals surface area contributed by atoms with Gasteiger partial charge in [-0.3, -0.25) is 14.0 Å². The third-order valence-corrected chi connectivity index (χ3v) is 6.97. The molecule has 2 aliphatic heterocycles. The molecule has 8 heteroatoms. The van der Waals surface area contributed by atoms with E-state index in [2.05, 4.69) is 10.2 Å². The zero-order chi connectivity index (χ0) is 19.3. The minimum atomic E-state index is -3.24. The lowest BCUT2D eigenvalue weighted by Crippen LogP contribution is -2.38. The number of hydrogen-bond donors (Lipinski definition) is 1. The fourth-order valence-electron chi connectivity index (χ4n) is 3.57. The first-order valence-corrected chi connectivity index (χ1v) is 11.3. The van der Waals surface area contributed by atoms with Crippen molar-refractivity contribution in [2.24, 2.45) is 0 Å². The SMILES string of the molecule is Cc1cc(C(=O)NCCCN2CCOCC2)ccc1N1CCCCS1(=O)=O. The quantitative estimate of drug-likeness (QED) is 0.736. The molecule has 1 amide bonds. The highest BCUT2D eigenvalue weighted by molar-refractivity contribution is 7.92. The average molecular weight is 396 g/mol. The van der Waals surface area contributed by atoms with Crippen LogP contribution in [0.25, 0.3) is 0 Å². The molecule has 1 N–H and O–H groups in total. The third kappa shape index (κ3) is 5.21. The highest BCUT2D eigenvalue weighted by Crippen LogP contribution is 2.27. The van der Waals surface area contributed by atoms with Crippen LogP contribution in [0.3, 0.4) is 0 Å². The molecule has 2 saturated heterocycles. The third-order valence-electron chi connectivity index (χ3n) is 5.12. The minimum absolute atomic E-state index is 0.117. The second-order valence-corrected chi connectivity index (χ2v) is 9.17. The number of anilines is 1. The predicted octanol–water partition coefficient (Wildman–Crippen LogP) is 1.38. The number of nitrogens with one attached hydrogen (secondary N) is 1. The van der Waals surface area contributed by atoms with Crippen molar-refractivity contribution in [2.45, 2.75) is 26.2 Å². The molecule has 3 rings (SSSR count). The van der Waals surface area contributed by atoms with Gasteiger partial charge in [-0.25, -0.2) is 8.42 Å². The van der Waals surface area contributed by atoms with Gasteiger partial charge in [-0.15, -0.1) is 0 Å². The summed E-state index contributed by atoms with van der Waals surface area (Å²) in [5.41, 5.74) is 2.05. The van der Waals surface area contributed by atoms with Gasteiger partial charge in [0.15, 0.2) is 0 Å². The fourth-order valence-corrected chi connectivity index (χ4v) is 5.27. The summed E-state index contributed by atoms with van der Waals surface area (Å²) in [7, 11) is -3.24. The van der Waals surface area contributed by atoms with Crippen molar-refractivity contribution in [3.05, 3.63) is 29.3 Å². The Hall–Kier alpha value is -1.64. The summed E-state index contributed by atoms with van der Waals surface area (Å²) >= 11 is 0. The van der Waals surface area contributed by atoms with E-state index >= 15 is 0 Å². The number of amides is 1. The molecule has 0 aromatic heterocycles. The summed E-state index contributed by atoms with van der Waals surface area (Å²) in [6, 6.07) is 5.24. The van der Waals surface area contributed by atoms with Gasteiger partial charge < -0.3 is 10.1 Å². The van der Waals surface area contributed by atoms with E-state index in [-0.39, 0.29) is 11.7 Å². The molecule has 1 aromatic carbocycles. The van der Waals surface area contributed by atoms with Crippen LogP contribution in [-0.4, -0.2) is 70.9 Å². The lowest BCUT2D eigenvalue weighted by Gasteiger charge is -2.29. The molecular weight excluding hydrogens is 366 g/mol. The van der Waals surface area contributed by atoms with Gasteiger partial charge in [0.2, 0.25) is 10.0 Å². The van der Waals surface area contributed by atoms with E-state index in [1.54, 1.807) is 18.2 Å². The van der Waals surface area contributed by atoms with Gasteiger partial charge in [0.25, 0.3) is 5.91 Å². The van der Waals surface area contributed by atoms with Crippen LogP contribution in [0.15, 0.2) is 18.2 Å². The maximum absolute atomic E-state index is 12.4. The Kier molecular flexibility index (Phi) is 6.73. The predicted molar refractivity (Wildman–Crippen MR) is 106 cm³/mol. The first-order valence-electron chi connectivity index (χ1n) is 9.67. The van der Waals surface area contributed by atoms with E-state index < -0.39 is 10.0 Å². The summed E-state index contributed by atoms with van der Waals surface area (Å²) in [6.07, 6.45) is 2.47. The number of hydrogen-bond acceptors (Lipinski definition) is 5. The summed E-state index contributed by atoms with van der Waals surface area (Å²) in [5, 5.41) is 2.95. The Morgan fingerprint density at radius 3 is 2.67 bits per heavy atom. The minimum Gasteiger partial charge on any atom is -0.379 e. The first kappa shape index (κ1) is 20.1. The number of sulfonamides is 1. The maximum Gasteiger partial charge on any atom is 0.251 e. The van der Waals surface area contributed by atoms with Crippen molar-refractivity contribution in [3.63, 3.8) is 0 Å². The fraction of sp³-hybridized carbons (Fsp3) is 0.632. The highest BCUT2D eigenvalue weighted by atomic mass is 32.2. The number of benzene rings is 1. The number of nitrogens with zero attached hydrogens (tertiary/aromatic N) is 2. The van der Waals surface area contributed by atoms with Gasteiger partial charge in [-0.2, -0.15) is 0 Å². The summed E-state index contributed by atoms with van der Waals surface area (Å²) < 4.78 is 31.4. The first-order chi connectivity index (χ1) is 13.0. The van der Waals surface area contributed by atoms with Gasteiger partial charge in [-0.1, -0.05) is 0 Å². The smallest absolute Gasteiger partial charge is 0.251 e. The van der Waals surface area contributed by atoms with Gasteiger partial charge >= 0.3 is 0 Å². The Balaban J connectivity index is 1.54. The van der Waals surface area contributed by atoms with Crippen LogP contribution in [0, 0.1) is 6.92 Å². The van der Waals surface area contributed by atoms with E-state index in [0.29, 0.717) is 30.8 Å². The Morgan fingerprint density at radius 2 is 1.96 bits per heavy atom. The van der Waals surface area contributed by atoms with Crippen LogP contribution in [0.4, 0.5) is 5.69 Å². The lowest BCUT2D eigenvalue weighted by molar-refractivity contribution is 0.0374. The van der Waals surface area contributed by atoms with E-state index in [0.717, 1.165) is 51.3 Å². The number of carbonyl (C=O) groups is 1. The van der Waals surface area contributed by atoms with Crippen molar-refractivity contribution in [1.29, 1.82) is 0 Å². The van der Waals surface area contributed by atoms with Crippen LogP contribution in [0.5, 0.6) is 0 Å². The Labute approximate surface area is 161 Å². The van der Waals surface area contributed by atoms with Gasteiger partial charge in [0.05, 0.1) is 24.7 Å². The molecular formula is C19H29N3O4S. The number of morpholine rings is 1.